The normalized spacial score (nSPS) is 11.1. The van der Waals surface area contributed by atoms with E-state index in [2.05, 4.69) is 4.98 Å². The predicted octanol–water partition coefficient (Wildman–Crippen LogP) is 4.43. The van der Waals surface area contributed by atoms with E-state index in [1.54, 1.807) is 24.3 Å². The Hall–Kier alpha value is -2.28. The van der Waals surface area contributed by atoms with Gasteiger partial charge in [-0.05, 0) is 41.9 Å². The third-order valence-electron chi connectivity index (χ3n) is 2.68. The van der Waals surface area contributed by atoms with E-state index in [-0.39, 0.29) is 18.9 Å². The van der Waals surface area contributed by atoms with Crippen LogP contribution >= 0.6 is 11.6 Å². The van der Waals surface area contributed by atoms with E-state index in [0.717, 1.165) is 12.1 Å². The molecule has 8 heteroatoms. The molecular weight excluding hydrogens is 335 g/mol. The number of halogens is 4. The molecule has 0 bridgehead atoms. The molecule has 0 radical (unpaired) electrons. The summed E-state index contributed by atoms with van der Waals surface area (Å²) in [6.45, 7) is 0.156. The fourth-order valence-corrected chi connectivity index (χ4v) is 1.66. The average Bonchev–Trinajstić information content (AvgIpc) is 2.48. The molecule has 0 saturated heterocycles. The molecule has 0 atom stereocenters. The van der Waals surface area contributed by atoms with Crippen molar-refractivity contribution in [3.63, 3.8) is 0 Å². The summed E-state index contributed by atoms with van der Waals surface area (Å²) < 4.78 is 47.9. The number of hydrogen-bond donors (Lipinski definition) is 0. The van der Waals surface area contributed by atoms with E-state index >= 15 is 0 Å². The van der Waals surface area contributed by atoms with Crippen LogP contribution in [-0.4, -0.2) is 16.8 Å². The highest BCUT2D eigenvalue weighted by molar-refractivity contribution is 6.63. The number of carbonyl (C=O) groups is 1. The molecule has 0 amide bonds. The monoisotopic (exact) mass is 345 g/mol. The highest BCUT2D eigenvalue weighted by Crippen LogP contribution is 2.30. The molecule has 4 nitrogen and oxygen atoms in total. The summed E-state index contributed by atoms with van der Waals surface area (Å²) in [5.41, 5.74) is -0.845. The lowest BCUT2D eigenvalue weighted by molar-refractivity contribution is -0.137. The second kappa shape index (κ2) is 7.32. The molecule has 2 aromatic rings. The summed E-state index contributed by atoms with van der Waals surface area (Å²) in [6.07, 6.45) is -3.64. The molecule has 0 N–H and O–H groups in total. The van der Waals surface area contributed by atoms with Crippen molar-refractivity contribution >= 4 is 16.8 Å². The van der Waals surface area contributed by atoms with Crippen molar-refractivity contribution < 1.29 is 27.4 Å². The molecular formula is C15H11ClF3NO3. The minimum atomic E-state index is -4.44. The molecule has 0 aliphatic carbocycles. The van der Waals surface area contributed by atoms with Gasteiger partial charge in [0.2, 0.25) is 11.1 Å². The number of ether oxygens (including phenoxy) is 2. The van der Waals surface area contributed by atoms with Crippen molar-refractivity contribution in [1.82, 2.24) is 4.98 Å². The highest BCUT2D eigenvalue weighted by Gasteiger charge is 2.30. The molecule has 0 spiro atoms. The lowest BCUT2D eigenvalue weighted by atomic mass is 10.3. The lowest BCUT2D eigenvalue weighted by Gasteiger charge is -2.09. The zero-order chi connectivity index (χ0) is 16.9. The Balaban J connectivity index is 1.94. The number of carbonyl (C=O) groups excluding carboxylic acids is 1. The molecule has 0 saturated carbocycles. The van der Waals surface area contributed by atoms with Crippen LogP contribution in [0, 0.1) is 0 Å². The van der Waals surface area contributed by atoms with Gasteiger partial charge in [0, 0.05) is 12.3 Å². The maximum absolute atomic E-state index is 12.4. The van der Waals surface area contributed by atoms with Crippen LogP contribution in [0.1, 0.15) is 12.0 Å². The van der Waals surface area contributed by atoms with Gasteiger partial charge in [-0.1, -0.05) is 0 Å². The van der Waals surface area contributed by atoms with Crippen LogP contribution in [-0.2, 0) is 11.0 Å². The maximum Gasteiger partial charge on any atom is 0.417 e. The lowest BCUT2D eigenvalue weighted by Crippen LogP contribution is -2.05. The Morgan fingerprint density at radius 3 is 2.26 bits per heavy atom. The number of rotatable bonds is 6. The van der Waals surface area contributed by atoms with Gasteiger partial charge in [0.15, 0.2) is 0 Å². The maximum atomic E-state index is 12.4. The quantitative estimate of drug-likeness (QED) is 0.727. The molecule has 23 heavy (non-hydrogen) atoms. The first kappa shape index (κ1) is 17.1. The van der Waals surface area contributed by atoms with E-state index in [9.17, 15) is 18.0 Å². The SMILES string of the molecule is O=C(Cl)CCOc1ccc(Oc2ccc(C(F)(F)F)cn2)cc1. The van der Waals surface area contributed by atoms with Crippen LogP contribution in [0.3, 0.4) is 0 Å². The number of pyridine rings is 1. The van der Waals surface area contributed by atoms with Gasteiger partial charge in [-0.25, -0.2) is 4.98 Å². The number of benzene rings is 1. The Bertz CT molecular complexity index is 657. The molecule has 1 aromatic heterocycles. The molecule has 0 unspecified atom stereocenters. The van der Waals surface area contributed by atoms with Crippen LogP contribution in [0.25, 0.3) is 0 Å². The predicted molar refractivity (Wildman–Crippen MR) is 76.7 cm³/mol. The largest absolute Gasteiger partial charge is 0.493 e. The van der Waals surface area contributed by atoms with E-state index in [4.69, 9.17) is 21.1 Å². The van der Waals surface area contributed by atoms with Gasteiger partial charge in [0.25, 0.3) is 0 Å². The van der Waals surface area contributed by atoms with Crippen LogP contribution in [0.15, 0.2) is 42.6 Å². The van der Waals surface area contributed by atoms with E-state index < -0.39 is 17.0 Å². The van der Waals surface area contributed by atoms with Crippen molar-refractivity contribution in [2.45, 2.75) is 12.6 Å². The number of hydrogen-bond acceptors (Lipinski definition) is 4. The third kappa shape index (κ3) is 5.45. The smallest absolute Gasteiger partial charge is 0.417 e. The summed E-state index contributed by atoms with van der Waals surface area (Å²) in [7, 11) is 0. The summed E-state index contributed by atoms with van der Waals surface area (Å²) in [5, 5.41) is -0.488. The summed E-state index contributed by atoms with van der Waals surface area (Å²) in [5.74, 6) is 0.938. The number of alkyl halides is 3. The van der Waals surface area contributed by atoms with Crippen molar-refractivity contribution in [3.8, 4) is 17.4 Å². The van der Waals surface area contributed by atoms with Crippen molar-refractivity contribution in [2.75, 3.05) is 6.61 Å². The van der Waals surface area contributed by atoms with Gasteiger partial charge in [0.05, 0.1) is 18.6 Å². The Morgan fingerprint density at radius 2 is 1.74 bits per heavy atom. The van der Waals surface area contributed by atoms with Gasteiger partial charge >= 0.3 is 6.18 Å². The van der Waals surface area contributed by atoms with E-state index in [1.165, 1.54) is 0 Å². The van der Waals surface area contributed by atoms with Gasteiger partial charge in [-0.15, -0.1) is 0 Å². The molecule has 0 aliphatic heterocycles. The Morgan fingerprint density at radius 1 is 1.09 bits per heavy atom. The zero-order valence-electron chi connectivity index (χ0n) is 11.6. The topological polar surface area (TPSA) is 48.4 Å². The fourth-order valence-electron chi connectivity index (χ4n) is 1.58. The minimum Gasteiger partial charge on any atom is -0.493 e. The molecule has 1 heterocycles. The van der Waals surface area contributed by atoms with Crippen LogP contribution in [0.2, 0.25) is 0 Å². The Labute approximate surface area is 134 Å². The second-order valence-electron chi connectivity index (χ2n) is 4.41. The summed E-state index contributed by atoms with van der Waals surface area (Å²) in [4.78, 5) is 14.2. The van der Waals surface area contributed by atoms with Crippen molar-refractivity contribution in [3.05, 3.63) is 48.2 Å². The van der Waals surface area contributed by atoms with Gasteiger partial charge < -0.3 is 9.47 Å². The first-order chi connectivity index (χ1) is 10.8. The van der Waals surface area contributed by atoms with Crippen LogP contribution in [0.4, 0.5) is 13.2 Å². The average molecular weight is 346 g/mol. The standard InChI is InChI=1S/C15H11ClF3NO3/c16-13(21)7-8-22-11-2-4-12(5-3-11)23-14-6-1-10(9-20-14)15(17,18)19/h1-6,9H,7-8H2. The van der Waals surface area contributed by atoms with Crippen molar-refractivity contribution in [1.29, 1.82) is 0 Å². The van der Waals surface area contributed by atoms with E-state index in [1.807, 2.05) is 0 Å². The molecule has 0 aliphatic rings. The summed E-state index contributed by atoms with van der Waals surface area (Å²) in [6, 6.07) is 8.35. The van der Waals surface area contributed by atoms with Crippen LogP contribution < -0.4 is 9.47 Å². The highest BCUT2D eigenvalue weighted by atomic mass is 35.5. The molecule has 2 rings (SSSR count). The fraction of sp³-hybridized carbons (Fsp3) is 0.200. The van der Waals surface area contributed by atoms with Gasteiger partial charge in [-0.3, -0.25) is 4.79 Å². The van der Waals surface area contributed by atoms with E-state index in [0.29, 0.717) is 17.7 Å². The molecule has 122 valence electrons. The first-order valence-electron chi connectivity index (χ1n) is 6.47. The molecule has 1 aromatic carbocycles. The van der Waals surface area contributed by atoms with Crippen molar-refractivity contribution in [2.24, 2.45) is 0 Å². The number of nitrogens with zero attached hydrogens (tertiary/aromatic N) is 1. The first-order valence-corrected chi connectivity index (χ1v) is 6.85. The summed E-state index contributed by atoms with van der Waals surface area (Å²) >= 11 is 5.18. The van der Waals surface area contributed by atoms with Crippen LogP contribution in [0.5, 0.6) is 17.4 Å². The van der Waals surface area contributed by atoms with Gasteiger partial charge in [-0.2, -0.15) is 13.2 Å². The Kier molecular flexibility index (Phi) is 5.44. The number of aromatic nitrogens is 1. The second-order valence-corrected chi connectivity index (χ2v) is 4.83. The minimum absolute atomic E-state index is 0.0411. The molecule has 0 fully saturated rings. The third-order valence-corrected chi connectivity index (χ3v) is 2.87. The van der Waals surface area contributed by atoms with Gasteiger partial charge in [0.1, 0.15) is 11.5 Å². The zero-order valence-corrected chi connectivity index (χ0v) is 12.4.